The van der Waals surface area contributed by atoms with Crippen LogP contribution in [-0.4, -0.2) is 61.6 Å². The summed E-state index contributed by atoms with van der Waals surface area (Å²) in [6, 6.07) is 8.02. The summed E-state index contributed by atoms with van der Waals surface area (Å²) in [5, 5.41) is 15.3. The van der Waals surface area contributed by atoms with Crippen LogP contribution in [0, 0.1) is 0 Å². The van der Waals surface area contributed by atoms with Crippen molar-refractivity contribution in [1.82, 2.24) is 24.4 Å². The van der Waals surface area contributed by atoms with Crippen LogP contribution in [0.25, 0.3) is 4.96 Å². The molecule has 1 fully saturated rings. The van der Waals surface area contributed by atoms with Gasteiger partial charge in [-0.05, 0) is 17.7 Å². The van der Waals surface area contributed by atoms with Gasteiger partial charge in [0.2, 0.25) is 16.7 Å². The molecule has 1 N–H and O–H groups in total. The highest BCUT2D eigenvalue weighted by Crippen LogP contribution is 2.40. The van der Waals surface area contributed by atoms with E-state index in [9.17, 15) is 9.90 Å². The fraction of sp³-hybridized carbons (Fsp3) is 0.421. The number of amides is 1. The van der Waals surface area contributed by atoms with Crippen LogP contribution in [0.5, 0.6) is 5.88 Å². The average Bonchev–Trinajstić information content (AvgIpc) is 3.22. The molecule has 0 unspecified atom stereocenters. The molecule has 1 aliphatic heterocycles. The van der Waals surface area contributed by atoms with E-state index >= 15 is 0 Å². The van der Waals surface area contributed by atoms with Crippen molar-refractivity contribution in [3.8, 4) is 5.88 Å². The second-order valence-corrected chi connectivity index (χ2v) is 8.79. The van der Waals surface area contributed by atoms with Gasteiger partial charge in [-0.2, -0.15) is 4.52 Å². The molecule has 3 heterocycles. The largest absolute Gasteiger partial charge is 0.492 e. The minimum Gasteiger partial charge on any atom is -0.492 e. The fourth-order valence-corrected chi connectivity index (χ4v) is 5.17. The van der Waals surface area contributed by atoms with E-state index in [-0.39, 0.29) is 17.8 Å². The van der Waals surface area contributed by atoms with Crippen molar-refractivity contribution < 1.29 is 9.90 Å². The third kappa shape index (κ3) is 3.54. The zero-order chi connectivity index (χ0) is 19.8. The van der Waals surface area contributed by atoms with E-state index in [4.69, 9.17) is 0 Å². The van der Waals surface area contributed by atoms with E-state index in [1.54, 1.807) is 6.92 Å². The molecule has 0 bridgehead atoms. The molecule has 0 spiro atoms. The van der Waals surface area contributed by atoms with Crippen LogP contribution >= 0.6 is 27.3 Å². The third-order valence-corrected chi connectivity index (χ3v) is 6.66. The van der Waals surface area contributed by atoms with Crippen LogP contribution in [0.3, 0.4) is 0 Å². The summed E-state index contributed by atoms with van der Waals surface area (Å²) in [6.07, 6.45) is 0.727. The molecule has 1 atom stereocenters. The summed E-state index contributed by atoms with van der Waals surface area (Å²) < 4.78 is 2.53. The first-order valence-corrected chi connectivity index (χ1v) is 10.9. The van der Waals surface area contributed by atoms with Crippen molar-refractivity contribution in [1.29, 1.82) is 0 Å². The van der Waals surface area contributed by atoms with Gasteiger partial charge < -0.3 is 10.0 Å². The molecule has 28 heavy (non-hydrogen) atoms. The molecule has 9 heteroatoms. The Kier molecular flexibility index (Phi) is 5.39. The lowest BCUT2D eigenvalue weighted by Crippen LogP contribution is -2.49. The van der Waals surface area contributed by atoms with Gasteiger partial charge in [-0.3, -0.25) is 9.69 Å². The van der Waals surface area contributed by atoms with Crippen LogP contribution < -0.4 is 0 Å². The summed E-state index contributed by atoms with van der Waals surface area (Å²) >= 11 is 5.03. The molecule has 0 aliphatic carbocycles. The number of benzene rings is 1. The second-order valence-electron chi connectivity index (χ2n) is 6.87. The molecular formula is C19H22BrN5O2S. The van der Waals surface area contributed by atoms with Gasteiger partial charge in [0.25, 0.3) is 0 Å². The Balaban J connectivity index is 1.74. The van der Waals surface area contributed by atoms with Crippen molar-refractivity contribution in [3.63, 3.8) is 0 Å². The molecule has 148 valence electrons. The maximum Gasteiger partial charge on any atom is 0.230 e. The van der Waals surface area contributed by atoms with Gasteiger partial charge in [-0.25, -0.2) is 4.98 Å². The van der Waals surface area contributed by atoms with Crippen molar-refractivity contribution in [2.24, 2.45) is 0 Å². The zero-order valence-corrected chi connectivity index (χ0v) is 18.2. The Morgan fingerprint density at radius 2 is 2.07 bits per heavy atom. The number of rotatable bonds is 4. The molecule has 0 radical (unpaired) electrons. The highest BCUT2D eigenvalue weighted by molar-refractivity contribution is 9.10. The lowest BCUT2D eigenvalue weighted by atomic mass is 10.0. The number of halogens is 1. The van der Waals surface area contributed by atoms with Crippen LogP contribution in [0.4, 0.5) is 0 Å². The number of hydrogen-bond acceptors (Lipinski definition) is 6. The van der Waals surface area contributed by atoms with Crippen molar-refractivity contribution in [2.75, 3.05) is 26.2 Å². The van der Waals surface area contributed by atoms with Crippen molar-refractivity contribution in [2.45, 2.75) is 26.3 Å². The summed E-state index contributed by atoms with van der Waals surface area (Å²) in [4.78, 5) is 21.9. The molecule has 2 aromatic heterocycles. The molecule has 0 saturated carbocycles. The molecule has 1 aromatic carbocycles. The normalized spacial score (nSPS) is 16.6. The van der Waals surface area contributed by atoms with E-state index in [2.05, 4.69) is 43.0 Å². The Morgan fingerprint density at radius 1 is 1.32 bits per heavy atom. The number of piperazine rings is 1. The third-order valence-electron chi connectivity index (χ3n) is 5.10. The Hall–Kier alpha value is -1.97. The van der Waals surface area contributed by atoms with E-state index < -0.39 is 0 Å². The smallest absolute Gasteiger partial charge is 0.230 e. The minimum absolute atomic E-state index is 0.104. The number of nitrogens with zero attached hydrogens (tertiary/aromatic N) is 5. The average molecular weight is 464 g/mol. The van der Waals surface area contributed by atoms with Gasteiger partial charge in [0.05, 0.1) is 10.9 Å². The van der Waals surface area contributed by atoms with E-state index in [0.29, 0.717) is 18.1 Å². The predicted molar refractivity (Wildman–Crippen MR) is 112 cm³/mol. The molecule has 1 saturated heterocycles. The van der Waals surface area contributed by atoms with E-state index in [1.807, 2.05) is 24.0 Å². The SMILES string of the molecule is CCc1nc2sc([C@H](c3cccc(Br)c3)N3CCN(C(C)=O)CC3)c(O)n2n1. The maximum absolute atomic E-state index is 11.7. The number of aryl methyl sites for hydroxylation is 1. The van der Waals surface area contributed by atoms with Crippen LogP contribution in [-0.2, 0) is 11.2 Å². The number of carbonyl (C=O) groups is 1. The first-order valence-electron chi connectivity index (χ1n) is 9.30. The highest BCUT2D eigenvalue weighted by Gasteiger charge is 2.32. The number of fused-ring (bicyclic) bond motifs is 1. The predicted octanol–water partition coefficient (Wildman–Crippen LogP) is 3.07. The molecule has 4 rings (SSSR count). The Bertz CT molecular complexity index is 1010. The monoisotopic (exact) mass is 463 g/mol. The summed E-state index contributed by atoms with van der Waals surface area (Å²) in [5.74, 6) is 0.973. The maximum atomic E-state index is 11.7. The number of carbonyl (C=O) groups excluding carboxylic acids is 1. The Morgan fingerprint density at radius 3 is 2.68 bits per heavy atom. The highest BCUT2D eigenvalue weighted by atomic mass is 79.9. The number of thiazole rings is 1. The molecule has 3 aromatic rings. The Labute approximate surface area is 175 Å². The lowest BCUT2D eigenvalue weighted by molar-refractivity contribution is -0.130. The standard InChI is InChI=1S/C19H22BrN5O2S/c1-3-15-21-19-25(22-15)18(27)17(28-19)16(13-5-4-6-14(20)11-13)24-9-7-23(8-10-24)12(2)26/h4-6,11,16,27H,3,7-10H2,1-2H3/t16-/m0/s1. The zero-order valence-electron chi connectivity index (χ0n) is 15.8. The van der Waals surface area contributed by atoms with Gasteiger partial charge in [0.1, 0.15) is 0 Å². The summed E-state index contributed by atoms with van der Waals surface area (Å²) in [5.41, 5.74) is 1.08. The van der Waals surface area contributed by atoms with Crippen LogP contribution in [0.2, 0.25) is 0 Å². The van der Waals surface area contributed by atoms with Crippen molar-refractivity contribution >= 4 is 38.1 Å². The first kappa shape index (κ1) is 19.4. The molecule has 1 amide bonds. The number of hydrogen-bond donors (Lipinski definition) is 1. The second kappa shape index (κ2) is 7.81. The van der Waals surface area contributed by atoms with E-state index in [0.717, 1.165) is 40.2 Å². The molecule has 1 aliphatic rings. The van der Waals surface area contributed by atoms with Gasteiger partial charge in [-0.15, -0.1) is 5.10 Å². The molecular weight excluding hydrogens is 442 g/mol. The summed E-state index contributed by atoms with van der Waals surface area (Å²) in [6.45, 7) is 6.45. The van der Waals surface area contributed by atoms with E-state index in [1.165, 1.54) is 15.9 Å². The van der Waals surface area contributed by atoms with Gasteiger partial charge in [0, 0.05) is 44.0 Å². The number of aromatic hydroxyl groups is 1. The van der Waals surface area contributed by atoms with Crippen molar-refractivity contribution in [3.05, 3.63) is 45.0 Å². The van der Waals surface area contributed by atoms with Crippen LogP contribution in [0.1, 0.15) is 36.2 Å². The minimum atomic E-state index is -0.120. The topological polar surface area (TPSA) is 74.0 Å². The fourth-order valence-electron chi connectivity index (χ4n) is 3.62. The quantitative estimate of drug-likeness (QED) is 0.643. The lowest BCUT2D eigenvalue weighted by Gasteiger charge is -2.38. The van der Waals surface area contributed by atoms with Crippen LogP contribution in [0.15, 0.2) is 28.7 Å². The van der Waals surface area contributed by atoms with Gasteiger partial charge in [0.15, 0.2) is 5.82 Å². The molecule has 7 nitrogen and oxygen atoms in total. The van der Waals surface area contributed by atoms with Gasteiger partial charge >= 0.3 is 0 Å². The number of aromatic nitrogens is 3. The first-order chi connectivity index (χ1) is 13.5. The summed E-state index contributed by atoms with van der Waals surface area (Å²) in [7, 11) is 0. The van der Waals surface area contributed by atoms with Gasteiger partial charge in [-0.1, -0.05) is 46.3 Å².